The molecule has 3 heterocycles. The first kappa shape index (κ1) is 13.4. The molecule has 1 amide bonds. The van der Waals surface area contributed by atoms with Crippen LogP contribution >= 0.6 is 0 Å². The Morgan fingerprint density at radius 1 is 1.25 bits per heavy atom. The lowest BCUT2D eigenvalue weighted by molar-refractivity contribution is -0.118. The largest absolute Gasteiger partial charge is 0.348 e. The summed E-state index contributed by atoms with van der Waals surface area (Å²) in [7, 11) is 0. The van der Waals surface area contributed by atoms with Crippen LogP contribution in [0.15, 0.2) is 36.4 Å². The van der Waals surface area contributed by atoms with Crippen LogP contribution in [0.5, 0.6) is 0 Å². The molecule has 0 radical (unpaired) electrons. The minimum atomic E-state index is 0.0464. The Bertz CT molecular complexity index is 501. The lowest BCUT2D eigenvalue weighted by Gasteiger charge is -2.44. The summed E-state index contributed by atoms with van der Waals surface area (Å²) in [4.78, 5) is 14.6. The predicted molar refractivity (Wildman–Crippen MR) is 81.2 cm³/mol. The Balaban J connectivity index is 1.62. The number of carbonyl (C=O) groups excluding carboxylic acids is 1. The van der Waals surface area contributed by atoms with Gasteiger partial charge in [0.1, 0.15) is 0 Å². The summed E-state index contributed by atoms with van der Waals surface area (Å²) in [6.07, 6.45) is 4.19. The van der Waals surface area contributed by atoms with Crippen LogP contribution in [0.2, 0.25) is 0 Å². The average molecular weight is 270 g/mol. The molecule has 3 fully saturated rings. The number of nitrogens with one attached hydrogen (secondary N) is 1. The summed E-state index contributed by atoms with van der Waals surface area (Å²) in [6, 6.07) is 10.4. The van der Waals surface area contributed by atoms with E-state index in [1.807, 2.05) is 37.3 Å². The molecule has 0 spiro atoms. The molecule has 0 unspecified atom stereocenters. The molecule has 1 N–H and O–H groups in total. The predicted octanol–water partition coefficient (Wildman–Crippen LogP) is 2.30. The number of piperidine rings is 3. The minimum Gasteiger partial charge on any atom is -0.348 e. The summed E-state index contributed by atoms with van der Waals surface area (Å²) < 4.78 is 0. The lowest BCUT2D eigenvalue weighted by Crippen LogP contribution is -2.57. The van der Waals surface area contributed by atoms with Gasteiger partial charge in [0, 0.05) is 18.7 Å². The van der Waals surface area contributed by atoms with E-state index in [0.717, 1.165) is 17.7 Å². The molecule has 1 aromatic rings. The minimum absolute atomic E-state index is 0.0464. The van der Waals surface area contributed by atoms with Gasteiger partial charge in [-0.25, -0.2) is 0 Å². The van der Waals surface area contributed by atoms with Crippen molar-refractivity contribution in [3.63, 3.8) is 0 Å². The van der Waals surface area contributed by atoms with Crippen molar-refractivity contribution in [2.45, 2.75) is 25.8 Å². The van der Waals surface area contributed by atoms with Crippen LogP contribution in [0.4, 0.5) is 0 Å². The lowest BCUT2D eigenvalue weighted by atomic mass is 9.84. The van der Waals surface area contributed by atoms with Crippen molar-refractivity contribution in [2.75, 3.05) is 19.6 Å². The molecule has 0 aliphatic carbocycles. The van der Waals surface area contributed by atoms with Crippen LogP contribution in [0.3, 0.4) is 0 Å². The molecule has 2 bridgehead atoms. The zero-order valence-electron chi connectivity index (χ0n) is 12.0. The second kappa shape index (κ2) is 5.80. The molecular weight excluding hydrogens is 248 g/mol. The first-order valence-electron chi connectivity index (χ1n) is 7.49. The van der Waals surface area contributed by atoms with Gasteiger partial charge in [0.25, 0.3) is 0 Å². The number of hydrogen-bond donors (Lipinski definition) is 1. The Hall–Kier alpha value is -1.61. The van der Waals surface area contributed by atoms with Gasteiger partial charge in [-0.15, -0.1) is 0 Å². The van der Waals surface area contributed by atoms with Gasteiger partial charge in [-0.3, -0.25) is 4.79 Å². The van der Waals surface area contributed by atoms with E-state index < -0.39 is 0 Å². The average Bonchev–Trinajstić information content (AvgIpc) is 2.49. The molecule has 20 heavy (non-hydrogen) atoms. The summed E-state index contributed by atoms with van der Waals surface area (Å²) in [6.45, 7) is 5.42. The molecule has 0 aromatic heterocycles. The van der Waals surface area contributed by atoms with Crippen molar-refractivity contribution in [1.29, 1.82) is 0 Å². The highest BCUT2D eigenvalue weighted by Crippen LogP contribution is 2.27. The molecule has 106 valence electrons. The van der Waals surface area contributed by atoms with Crippen LogP contribution in [-0.4, -0.2) is 36.5 Å². The highest BCUT2D eigenvalue weighted by atomic mass is 16.1. The number of fused-ring (bicyclic) bond motifs is 3. The van der Waals surface area contributed by atoms with E-state index in [4.69, 9.17) is 0 Å². The quantitative estimate of drug-likeness (QED) is 0.855. The van der Waals surface area contributed by atoms with Gasteiger partial charge >= 0.3 is 0 Å². The maximum Gasteiger partial charge on any atom is 0.244 e. The topological polar surface area (TPSA) is 32.3 Å². The highest BCUT2D eigenvalue weighted by Gasteiger charge is 2.34. The standard InChI is InChI=1S/C17H22N2O/c1-13(14-5-3-2-4-6-14)11-17(20)18-16-12-19-9-7-15(16)8-10-19/h2-6,11,15-16H,7-10,12H2,1H3,(H,18,20)/b13-11+/t16-/m0/s1. The molecular formula is C17H22N2O. The fourth-order valence-corrected chi connectivity index (χ4v) is 3.33. The molecule has 3 aliphatic heterocycles. The maximum absolute atomic E-state index is 12.2. The number of hydrogen-bond acceptors (Lipinski definition) is 2. The van der Waals surface area contributed by atoms with Gasteiger partial charge < -0.3 is 10.2 Å². The van der Waals surface area contributed by atoms with E-state index in [1.54, 1.807) is 6.08 Å². The molecule has 1 atom stereocenters. The van der Waals surface area contributed by atoms with Gasteiger partial charge in [-0.2, -0.15) is 0 Å². The number of amides is 1. The van der Waals surface area contributed by atoms with Crippen molar-refractivity contribution in [2.24, 2.45) is 5.92 Å². The maximum atomic E-state index is 12.2. The Kier molecular flexibility index (Phi) is 3.88. The molecule has 3 nitrogen and oxygen atoms in total. The van der Waals surface area contributed by atoms with Gasteiger partial charge in [0.05, 0.1) is 0 Å². The van der Waals surface area contributed by atoms with Crippen LogP contribution in [0, 0.1) is 5.92 Å². The molecule has 4 rings (SSSR count). The van der Waals surface area contributed by atoms with Crippen molar-refractivity contribution in [1.82, 2.24) is 10.2 Å². The summed E-state index contributed by atoms with van der Waals surface area (Å²) >= 11 is 0. The third-order valence-electron chi connectivity index (χ3n) is 4.56. The van der Waals surface area contributed by atoms with Crippen LogP contribution in [0.25, 0.3) is 5.57 Å². The number of benzene rings is 1. The van der Waals surface area contributed by atoms with Gasteiger partial charge in [-0.05, 0) is 49.9 Å². The Morgan fingerprint density at radius 2 is 1.95 bits per heavy atom. The first-order chi connectivity index (χ1) is 9.72. The van der Waals surface area contributed by atoms with Crippen molar-refractivity contribution in [3.8, 4) is 0 Å². The third kappa shape index (κ3) is 2.93. The van der Waals surface area contributed by atoms with E-state index in [-0.39, 0.29) is 5.91 Å². The number of nitrogens with zero attached hydrogens (tertiary/aromatic N) is 1. The fourth-order valence-electron chi connectivity index (χ4n) is 3.33. The molecule has 3 saturated heterocycles. The number of rotatable bonds is 3. The van der Waals surface area contributed by atoms with Gasteiger partial charge in [-0.1, -0.05) is 30.3 Å². The highest BCUT2D eigenvalue weighted by molar-refractivity contribution is 5.95. The van der Waals surface area contributed by atoms with Crippen molar-refractivity contribution < 1.29 is 4.79 Å². The molecule has 1 aromatic carbocycles. The van der Waals surface area contributed by atoms with Crippen molar-refractivity contribution in [3.05, 3.63) is 42.0 Å². The van der Waals surface area contributed by atoms with Gasteiger partial charge in [0.2, 0.25) is 5.91 Å². The summed E-state index contributed by atoms with van der Waals surface area (Å²) in [5.41, 5.74) is 2.13. The zero-order valence-corrected chi connectivity index (χ0v) is 12.0. The second-order valence-electron chi connectivity index (χ2n) is 5.95. The number of carbonyl (C=O) groups is 1. The van der Waals surface area contributed by atoms with E-state index in [9.17, 15) is 4.79 Å². The van der Waals surface area contributed by atoms with Crippen LogP contribution in [-0.2, 0) is 4.79 Å². The second-order valence-corrected chi connectivity index (χ2v) is 5.95. The van der Waals surface area contributed by atoms with Crippen molar-refractivity contribution >= 4 is 11.5 Å². The SMILES string of the molecule is C/C(=C\C(=O)N[C@H]1CN2CCC1CC2)c1ccccc1. The van der Waals surface area contributed by atoms with E-state index in [2.05, 4.69) is 10.2 Å². The van der Waals surface area contributed by atoms with E-state index in [1.165, 1.54) is 25.9 Å². The van der Waals surface area contributed by atoms with E-state index >= 15 is 0 Å². The normalized spacial score (nSPS) is 29.2. The first-order valence-corrected chi connectivity index (χ1v) is 7.49. The monoisotopic (exact) mass is 270 g/mol. The molecule has 0 saturated carbocycles. The zero-order chi connectivity index (χ0) is 13.9. The number of allylic oxidation sites excluding steroid dienone is 1. The summed E-state index contributed by atoms with van der Waals surface area (Å²) in [5.74, 6) is 0.722. The molecule has 3 aliphatic rings. The smallest absolute Gasteiger partial charge is 0.244 e. The Labute approximate surface area is 120 Å². The Morgan fingerprint density at radius 3 is 2.55 bits per heavy atom. The van der Waals surface area contributed by atoms with Crippen LogP contribution in [0.1, 0.15) is 25.3 Å². The van der Waals surface area contributed by atoms with Crippen LogP contribution < -0.4 is 5.32 Å². The van der Waals surface area contributed by atoms with Gasteiger partial charge in [0.15, 0.2) is 0 Å². The van der Waals surface area contributed by atoms with E-state index in [0.29, 0.717) is 12.0 Å². The fraction of sp³-hybridized carbons (Fsp3) is 0.471. The molecule has 3 heteroatoms. The third-order valence-corrected chi connectivity index (χ3v) is 4.56. The summed E-state index contributed by atoms with van der Waals surface area (Å²) in [5, 5.41) is 3.19.